The number of hydrogen-bond donors (Lipinski definition) is 2. The second kappa shape index (κ2) is 5.62. The van der Waals surface area contributed by atoms with E-state index in [4.69, 9.17) is 9.84 Å². The van der Waals surface area contributed by atoms with Crippen molar-refractivity contribution in [1.29, 1.82) is 0 Å². The quantitative estimate of drug-likeness (QED) is 0.827. The maximum Gasteiger partial charge on any atom is 0.348 e. The van der Waals surface area contributed by atoms with Crippen molar-refractivity contribution in [1.82, 2.24) is 0 Å². The van der Waals surface area contributed by atoms with Crippen molar-refractivity contribution in [3.8, 4) is 0 Å². The van der Waals surface area contributed by atoms with Crippen LogP contribution in [0.25, 0.3) is 0 Å². The Balaban J connectivity index is 2.56. The molecule has 6 heteroatoms. The molecule has 0 bridgehead atoms. The largest absolute Gasteiger partial charge is 0.477 e. The number of nitrogens with one attached hydrogen (secondary N) is 1. The van der Waals surface area contributed by atoms with E-state index in [2.05, 4.69) is 5.32 Å². The SMILES string of the molecule is CC(C)OCC(=O)Nc1ccsc1C(=O)O. The Morgan fingerprint density at radius 2 is 2.25 bits per heavy atom. The number of rotatable bonds is 5. The molecule has 0 radical (unpaired) electrons. The third-order valence-corrected chi connectivity index (χ3v) is 2.58. The molecule has 5 nitrogen and oxygen atoms in total. The summed E-state index contributed by atoms with van der Waals surface area (Å²) in [4.78, 5) is 22.2. The zero-order valence-corrected chi connectivity index (χ0v) is 9.84. The molecule has 0 fully saturated rings. The molecule has 0 saturated heterocycles. The Morgan fingerprint density at radius 3 is 2.81 bits per heavy atom. The van der Waals surface area contributed by atoms with Gasteiger partial charge in [0.25, 0.3) is 0 Å². The maximum absolute atomic E-state index is 11.4. The minimum absolute atomic E-state index is 0.0350. The fraction of sp³-hybridized carbons (Fsp3) is 0.400. The molecule has 0 saturated carbocycles. The van der Waals surface area contributed by atoms with Crippen LogP contribution in [0.3, 0.4) is 0 Å². The van der Waals surface area contributed by atoms with E-state index in [0.717, 1.165) is 11.3 Å². The molecule has 1 aromatic rings. The number of thiophene rings is 1. The number of anilines is 1. The number of carboxylic acids is 1. The summed E-state index contributed by atoms with van der Waals surface area (Å²) < 4.78 is 5.10. The van der Waals surface area contributed by atoms with Crippen LogP contribution in [0, 0.1) is 0 Å². The van der Waals surface area contributed by atoms with Crippen LogP contribution in [-0.4, -0.2) is 29.7 Å². The fourth-order valence-electron chi connectivity index (χ4n) is 1.00. The van der Waals surface area contributed by atoms with Gasteiger partial charge in [-0.05, 0) is 25.3 Å². The van der Waals surface area contributed by atoms with E-state index in [1.165, 1.54) is 0 Å². The average Bonchev–Trinajstić information content (AvgIpc) is 2.62. The molecule has 0 unspecified atom stereocenters. The minimum Gasteiger partial charge on any atom is -0.477 e. The Labute approximate surface area is 97.0 Å². The molecule has 0 aliphatic rings. The summed E-state index contributed by atoms with van der Waals surface area (Å²) in [6.07, 6.45) is -0.0350. The van der Waals surface area contributed by atoms with Crippen molar-refractivity contribution in [3.05, 3.63) is 16.3 Å². The Bertz CT molecular complexity index is 386. The Kier molecular flexibility index (Phi) is 4.45. The number of aromatic carboxylic acids is 1. The van der Waals surface area contributed by atoms with Gasteiger partial charge in [-0.15, -0.1) is 11.3 Å². The van der Waals surface area contributed by atoms with Gasteiger partial charge < -0.3 is 15.2 Å². The predicted molar refractivity (Wildman–Crippen MR) is 61.0 cm³/mol. The average molecular weight is 243 g/mol. The van der Waals surface area contributed by atoms with Crippen LogP contribution >= 0.6 is 11.3 Å². The van der Waals surface area contributed by atoms with Crippen LogP contribution in [0.1, 0.15) is 23.5 Å². The standard InChI is InChI=1S/C10H13NO4S/c1-6(2)15-5-8(12)11-7-3-4-16-9(7)10(13)14/h3-4,6H,5H2,1-2H3,(H,11,12)(H,13,14). The van der Waals surface area contributed by atoms with E-state index in [-0.39, 0.29) is 23.5 Å². The van der Waals surface area contributed by atoms with Gasteiger partial charge in [0, 0.05) is 0 Å². The number of carbonyl (C=O) groups excluding carboxylic acids is 1. The summed E-state index contributed by atoms with van der Waals surface area (Å²) in [5, 5.41) is 12.9. The van der Waals surface area contributed by atoms with E-state index in [1.54, 1.807) is 11.4 Å². The molecule has 1 heterocycles. The highest BCUT2D eigenvalue weighted by molar-refractivity contribution is 7.12. The molecule has 1 aromatic heterocycles. The van der Waals surface area contributed by atoms with Crippen molar-refractivity contribution >= 4 is 28.9 Å². The first-order valence-electron chi connectivity index (χ1n) is 4.73. The third-order valence-electron chi connectivity index (χ3n) is 1.68. The number of amides is 1. The summed E-state index contributed by atoms with van der Waals surface area (Å²) in [5.41, 5.74) is 0.315. The monoisotopic (exact) mass is 243 g/mol. The highest BCUT2D eigenvalue weighted by atomic mass is 32.1. The number of ether oxygens (including phenoxy) is 1. The lowest BCUT2D eigenvalue weighted by molar-refractivity contribution is -0.121. The molecule has 0 aromatic carbocycles. The van der Waals surface area contributed by atoms with Crippen molar-refractivity contribution in [2.45, 2.75) is 20.0 Å². The number of carbonyl (C=O) groups is 2. The highest BCUT2D eigenvalue weighted by Crippen LogP contribution is 2.21. The second-order valence-corrected chi connectivity index (χ2v) is 4.29. The number of hydrogen-bond acceptors (Lipinski definition) is 4. The summed E-state index contributed by atoms with van der Waals surface area (Å²) >= 11 is 1.07. The van der Waals surface area contributed by atoms with Gasteiger partial charge in [0.15, 0.2) is 0 Å². The van der Waals surface area contributed by atoms with E-state index in [1.807, 2.05) is 13.8 Å². The molecule has 0 aliphatic carbocycles. The molecule has 88 valence electrons. The zero-order chi connectivity index (χ0) is 12.1. The van der Waals surface area contributed by atoms with Crippen LogP contribution in [0.5, 0.6) is 0 Å². The van der Waals surface area contributed by atoms with Crippen LogP contribution in [0.4, 0.5) is 5.69 Å². The molecular formula is C10H13NO4S. The topological polar surface area (TPSA) is 75.6 Å². The molecule has 0 aliphatic heterocycles. The summed E-state index contributed by atoms with van der Waals surface area (Å²) in [6, 6.07) is 1.56. The second-order valence-electron chi connectivity index (χ2n) is 3.38. The van der Waals surface area contributed by atoms with E-state index < -0.39 is 5.97 Å². The first-order valence-corrected chi connectivity index (χ1v) is 5.61. The van der Waals surface area contributed by atoms with Crippen LogP contribution in [-0.2, 0) is 9.53 Å². The van der Waals surface area contributed by atoms with Gasteiger partial charge in [-0.1, -0.05) is 0 Å². The highest BCUT2D eigenvalue weighted by Gasteiger charge is 2.13. The maximum atomic E-state index is 11.4. The molecule has 1 amide bonds. The minimum atomic E-state index is -1.05. The predicted octanol–water partition coefficient (Wildman–Crippen LogP) is 1.81. The Hall–Kier alpha value is -1.40. The third kappa shape index (κ3) is 3.63. The van der Waals surface area contributed by atoms with Gasteiger partial charge in [0.1, 0.15) is 11.5 Å². The van der Waals surface area contributed by atoms with E-state index >= 15 is 0 Å². The summed E-state index contributed by atoms with van der Waals surface area (Å²) in [5.74, 6) is -1.40. The van der Waals surface area contributed by atoms with Crippen molar-refractivity contribution in [2.24, 2.45) is 0 Å². The van der Waals surface area contributed by atoms with E-state index in [0.29, 0.717) is 5.69 Å². The fourth-order valence-corrected chi connectivity index (χ4v) is 1.69. The van der Waals surface area contributed by atoms with Crippen LogP contribution < -0.4 is 5.32 Å². The lowest BCUT2D eigenvalue weighted by atomic mass is 10.4. The van der Waals surface area contributed by atoms with Crippen molar-refractivity contribution < 1.29 is 19.4 Å². The van der Waals surface area contributed by atoms with Gasteiger partial charge in [-0.25, -0.2) is 4.79 Å². The van der Waals surface area contributed by atoms with Gasteiger partial charge in [0.05, 0.1) is 11.8 Å². The van der Waals surface area contributed by atoms with Gasteiger partial charge in [-0.3, -0.25) is 4.79 Å². The van der Waals surface area contributed by atoms with Crippen molar-refractivity contribution in [3.63, 3.8) is 0 Å². The normalized spacial score (nSPS) is 10.4. The van der Waals surface area contributed by atoms with Crippen LogP contribution in [0.15, 0.2) is 11.4 Å². The Morgan fingerprint density at radius 1 is 1.56 bits per heavy atom. The number of carboxylic acid groups (broad SMARTS) is 1. The molecule has 1 rings (SSSR count). The van der Waals surface area contributed by atoms with Crippen molar-refractivity contribution in [2.75, 3.05) is 11.9 Å². The molecule has 16 heavy (non-hydrogen) atoms. The lowest BCUT2D eigenvalue weighted by Gasteiger charge is -2.07. The first-order chi connectivity index (χ1) is 7.50. The summed E-state index contributed by atoms with van der Waals surface area (Å²) in [6.45, 7) is 3.56. The van der Waals surface area contributed by atoms with E-state index in [9.17, 15) is 9.59 Å². The molecule has 0 atom stereocenters. The molecule has 2 N–H and O–H groups in total. The van der Waals surface area contributed by atoms with Gasteiger partial charge in [-0.2, -0.15) is 0 Å². The summed E-state index contributed by atoms with van der Waals surface area (Å²) in [7, 11) is 0. The van der Waals surface area contributed by atoms with Gasteiger partial charge >= 0.3 is 5.97 Å². The smallest absolute Gasteiger partial charge is 0.348 e. The van der Waals surface area contributed by atoms with Crippen LogP contribution in [0.2, 0.25) is 0 Å². The first kappa shape index (κ1) is 12.7. The molecular weight excluding hydrogens is 230 g/mol. The van der Waals surface area contributed by atoms with Gasteiger partial charge in [0.2, 0.25) is 5.91 Å². The molecule has 0 spiro atoms. The zero-order valence-electron chi connectivity index (χ0n) is 9.02. The lowest BCUT2D eigenvalue weighted by Crippen LogP contribution is -2.21.